The van der Waals surface area contributed by atoms with E-state index in [9.17, 15) is 71.4 Å². The van der Waals surface area contributed by atoms with Crippen LogP contribution in [0, 0.1) is 13.8 Å². The number of carboxylic acid groups (broad SMARTS) is 2. The van der Waals surface area contributed by atoms with Crippen LogP contribution in [0.3, 0.4) is 0 Å². The van der Waals surface area contributed by atoms with Crippen LogP contribution < -0.4 is 43.2 Å². The Morgan fingerprint density at radius 2 is 1.38 bits per heavy atom. The first kappa shape index (κ1) is 72.4. The standard InChI is InChI=1S/C66H77N15O17S/c1-8-37-29(2)41-25-46-51(33(6)82)31(4)43(74-46)23-42-30(3)38(55(76-42)53-54(65(94)98-7)58(86)52-32(5)44(77-56(52)53)24-45(37)73-41)16-18-48(83)68-20-10-9-11-39(63(90)91)79-61(88)47(26-50(85)69-21-22-99(95,96)97)75-49(84)19-17-40(64(92)93)78-60(87)34-12-14-35(15-13-34)70-27-36-28-71-59-57(72-36)62(89)81-66(67)80-59/h12-15,23-25,28-30,37-40,47,54,70,74,77H,8-11,16-22,26-27H2,1-7H3,(H,68,83)(H,69,85)(H,75,84)(H,78,87)(H,79,88)(H,90,91)(H,92,93)(H,95,96,97)(H3,67,71,80,81,89)/t29-,30+,37-,38+,39+,40+,47+,54?/m1/s1. The molecule has 0 saturated heterocycles. The number of aliphatic carboxylic acids is 2. The quantitative estimate of drug-likeness (QED) is 0.0103. The second-order valence-electron chi connectivity index (χ2n) is 24.7. The summed E-state index contributed by atoms with van der Waals surface area (Å²) in [5, 5.41) is 35.2. The van der Waals surface area contributed by atoms with Gasteiger partial charge in [-0.15, -0.1) is 0 Å². The molecule has 14 N–H and O–H groups in total. The van der Waals surface area contributed by atoms with E-state index in [0.29, 0.717) is 72.7 Å². The highest BCUT2D eigenvalue weighted by atomic mass is 32.2. The van der Waals surface area contributed by atoms with E-state index < -0.39 is 136 Å². The van der Waals surface area contributed by atoms with Gasteiger partial charge in [0.2, 0.25) is 29.6 Å². The number of unbranched alkanes of at least 4 members (excludes halogenated alkanes) is 1. The monoisotopic (exact) mass is 1380 g/mol. The molecule has 2 aliphatic heterocycles. The normalized spacial score (nSPS) is 17.2. The number of nitrogens with one attached hydrogen (secondary N) is 9. The topological polar surface area (TPSA) is 502 Å². The second kappa shape index (κ2) is 30.7. The Bertz CT molecular complexity index is 4610. The van der Waals surface area contributed by atoms with Crippen molar-refractivity contribution < 1.29 is 75.9 Å². The molecule has 3 aliphatic rings. The molecule has 1 unspecified atom stereocenters. The van der Waals surface area contributed by atoms with Crippen molar-refractivity contribution in [1.82, 2.24) is 66.5 Å². The van der Waals surface area contributed by atoms with E-state index in [-0.39, 0.29) is 85.5 Å². The van der Waals surface area contributed by atoms with Crippen molar-refractivity contribution in [3.05, 3.63) is 121 Å². The molecule has 99 heavy (non-hydrogen) atoms. The molecule has 8 bridgehead atoms. The maximum Gasteiger partial charge on any atom is 0.326 e. The highest BCUT2D eigenvalue weighted by molar-refractivity contribution is 7.85. The number of nitrogens with two attached hydrogens (primary N) is 1. The minimum Gasteiger partial charge on any atom is -0.480 e. The molecule has 5 aromatic heterocycles. The second-order valence-corrected chi connectivity index (χ2v) is 26.3. The molecule has 0 saturated carbocycles. The van der Waals surface area contributed by atoms with Crippen LogP contribution in [0.2, 0.25) is 0 Å². The molecule has 524 valence electrons. The van der Waals surface area contributed by atoms with Crippen LogP contribution in [0.1, 0.15) is 191 Å². The summed E-state index contributed by atoms with van der Waals surface area (Å²) >= 11 is 0. The largest absolute Gasteiger partial charge is 0.480 e. The molecule has 1 aromatic carbocycles. The van der Waals surface area contributed by atoms with Crippen LogP contribution in [-0.4, -0.2) is 166 Å². The number of rotatable bonds is 29. The number of H-pyrrole nitrogens is 3. The van der Waals surface area contributed by atoms with Crippen LogP contribution in [0.4, 0.5) is 11.6 Å². The van der Waals surface area contributed by atoms with Crippen molar-refractivity contribution in [2.24, 2.45) is 0 Å². The van der Waals surface area contributed by atoms with Crippen molar-refractivity contribution in [2.45, 2.75) is 154 Å². The number of aromatic amines is 3. The summed E-state index contributed by atoms with van der Waals surface area (Å²) in [7, 11) is -3.34. The molecular formula is C66H77N15O17S. The summed E-state index contributed by atoms with van der Waals surface area (Å²) < 4.78 is 37.1. The smallest absolute Gasteiger partial charge is 0.326 e. The van der Waals surface area contributed by atoms with Crippen LogP contribution in [0.15, 0.2) is 53.5 Å². The summed E-state index contributed by atoms with van der Waals surface area (Å²) in [6.07, 6.45) is 0.268. The van der Waals surface area contributed by atoms with Gasteiger partial charge in [-0.2, -0.15) is 13.4 Å². The molecule has 8 atom stereocenters. The number of aromatic nitrogens is 8. The van der Waals surface area contributed by atoms with E-state index in [1.807, 2.05) is 32.0 Å². The van der Waals surface area contributed by atoms with E-state index >= 15 is 0 Å². The van der Waals surface area contributed by atoms with Crippen molar-refractivity contribution in [3.63, 3.8) is 0 Å². The summed E-state index contributed by atoms with van der Waals surface area (Å²) in [5.74, 6) is -12.2. The summed E-state index contributed by atoms with van der Waals surface area (Å²) in [6, 6.07) is 6.36. The average molecular weight is 1380 g/mol. The van der Waals surface area contributed by atoms with E-state index in [0.717, 1.165) is 17.8 Å². The third-order valence-corrected chi connectivity index (χ3v) is 18.8. The van der Waals surface area contributed by atoms with Gasteiger partial charge in [0, 0.05) is 106 Å². The minimum atomic E-state index is -4.54. The zero-order chi connectivity index (χ0) is 71.9. The molecule has 5 amide bonds. The fourth-order valence-electron chi connectivity index (χ4n) is 12.8. The number of esters is 1. The Hall–Kier alpha value is -10.8. The number of ether oxygens (including phenoxy) is 1. The molecule has 9 rings (SSSR count). The maximum absolute atomic E-state index is 14.5. The molecule has 6 aromatic rings. The van der Waals surface area contributed by atoms with Gasteiger partial charge in [-0.05, 0) is 113 Å². The Kier molecular flexibility index (Phi) is 22.5. The molecule has 1 aliphatic carbocycles. The van der Waals surface area contributed by atoms with Crippen LogP contribution in [0.5, 0.6) is 0 Å². The van der Waals surface area contributed by atoms with Crippen molar-refractivity contribution in [3.8, 4) is 0 Å². The number of fused-ring (bicyclic) bond motifs is 9. The third-order valence-electron chi connectivity index (χ3n) is 18.1. The Morgan fingerprint density at radius 3 is 2.06 bits per heavy atom. The Balaban J connectivity index is 0.831. The number of hydrogen-bond acceptors (Lipinski definition) is 21. The van der Waals surface area contributed by atoms with Gasteiger partial charge in [0.15, 0.2) is 22.7 Å². The highest BCUT2D eigenvalue weighted by Gasteiger charge is 2.46. The van der Waals surface area contributed by atoms with Gasteiger partial charge in [-0.25, -0.2) is 19.6 Å². The summed E-state index contributed by atoms with van der Waals surface area (Å²) in [4.78, 5) is 178. The molecule has 0 spiro atoms. The first-order valence-corrected chi connectivity index (χ1v) is 33.7. The fourth-order valence-corrected chi connectivity index (χ4v) is 13.1. The zero-order valence-corrected chi connectivity index (χ0v) is 56.0. The molecule has 33 heteroatoms. The lowest BCUT2D eigenvalue weighted by atomic mass is 9.84. The van der Waals surface area contributed by atoms with Crippen LogP contribution in [0.25, 0.3) is 33.2 Å². The molecule has 32 nitrogen and oxygen atoms in total. The van der Waals surface area contributed by atoms with E-state index in [1.165, 1.54) is 44.5 Å². The number of carbonyl (C=O) groups excluding carboxylic acids is 8. The number of nitrogens with zero attached hydrogens (tertiary/aromatic N) is 5. The lowest BCUT2D eigenvalue weighted by Crippen LogP contribution is -2.53. The Labute approximate surface area is 565 Å². The number of aryl methyl sites for hydroxylation is 2. The summed E-state index contributed by atoms with van der Waals surface area (Å²) in [5.41, 5.74) is 13.1. The van der Waals surface area contributed by atoms with E-state index in [1.54, 1.807) is 6.92 Å². The number of methoxy groups -OCH3 is 1. The number of anilines is 2. The van der Waals surface area contributed by atoms with Crippen LogP contribution >= 0.6 is 0 Å². The van der Waals surface area contributed by atoms with Gasteiger partial charge in [0.25, 0.3) is 21.6 Å². The predicted octanol–water partition coefficient (Wildman–Crippen LogP) is 4.17. The van der Waals surface area contributed by atoms with Gasteiger partial charge < -0.3 is 62.6 Å². The molecule has 0 radical (unpaired) electrons. The lowest BCUT2D eigenvalue weighted by Gasteiger charge is -2.22. The maximum atomic E-state index is 14.5. The number of nitrogen functional groups attached to an aromatic ring is 1. The number of ketones is 2. The van der Waals surface area contributed by atoms with Crippen molar-refractivity contribution >= 4 is 114 Å². The first-order chi connectivity index (χ1) is 46.9. The number of benzene rings is 1. The number of carboxylic acids is 2. The van der Waals surface area contributed by atoms with Crippen molar-refractivity contribution in [2.75, 3.05) is 37.0 Å². The molecule has 0 fully saturated rings. The SMILES string of the molecule is CC[C@H]1c2cc3[nH]c4c(c3C)C(=O)C(C(=O)OC)c4c3nc(cc4[nH]c(cc(n2)[C@@H]1C)c(C(C)=O)c4C)[C@@H](C)[C@@H]3CCC(=O)NCCCC[C@H](NC(=O)[C@H](CC(=O)NCCS(=O)(=O)O)NC(=O)CC[C@H](NC(=O)c1ccc(NCc2cnc3nc(N)[nH]c(=O)c3n2)cc1)C(=O)O)C(=O)O. The highest BCUT2D eigenvalue weighted by Crippen LogP contribution is 2.48. The van der Waals surface area contributed by atoms with E-state index in [2.05, 4.69) is 75.7 Å². The third kappa shape index (κ3) is 16.8. The molecular weight excluding hydrogens is 1310 g/mol. The van der Waals surface area contributed by atoms with Gasteiger partial charge >= 0.3 is 17.9 Å². The summed E-state index contributed by atoms with van der Waals surface area (Å²) in [6.45, 7) is 10.8. The van der Waals surface area contributed by atoms with Gasteiger partial charge in [0.1, 0.15) is 24.0 Å². The van der Waals surface area contributed by atoms with Gasteiger partial charge in [-0.3, -0.25) is 62.7 Å². The number of amides is 5. The lowest BCUT2D eigenvalue weighted by molar-refractivity contribution is -0.143. The zero-order valence-electron chi connectivity index (χ0n) is 55.2. The van der Waals surface area contributed by atoms with Gasteiger partial charge in [-0.1, -0.05) is 20.8 Å². The minimum absolute atomic E-state index is 0.00615. The number of hydrogen-bond donors (Lipinski definition) is 13. The first-order valence-electron chi connectivity index (χ1n) is 32.1. The van der Waals surface area contributed by atoms with Crippen molar-refractivity contribution in [1.29, 1.82) is 0 Å². The number of Topliss-reactive ketones (excluding diaryl/α,β-unsaturated/α-hetero) is 2. The average Bonchev–Trinajstić information content (AvgIpc) is 1.56. The fraction of sp³-hybridized carbons (Fsp3) is 0.424. The predicted molar refractivity (Wildman–Crippen MR) is 358 cm³/mol. The molecule has 7 heterocycles. The van der Waals surface area contributed by atoms with Crippen LogP contribution in [-0.2, 0) is 55.0 Å². The van der Waals surface area contributed by atoms with E-state index in [4.69, 9.17) is 25.0 Å². The number of carbonyl (C=O) groups is 10. The Morgan fingerprint density at radius 1 is 0.727 bits per heavy atom. The van der Waals surface area contributed by atoms with Gasteiger partial charge in [0.05, 0.1) is 54.4 Å².